The second-order valence-corrected chi connectivity index (χ2v) is 3.18. The van der Waals surface area contributed by atoms with Crippen molar-refractivity contribution in [1.29, 1.82) is 0 Å². The van der Waals surface area contributed by atoms with Crippen LogP contribution in [-0.4, -0.2) is 19.0 Å². The fraction of sp³-hybridized carbons (Fsp3) is 0.500. The number of unbranched alkanes of at least 4 members (excludes halogenated alkanes) is 1. The SMILES string of the molecule is Cc1ccoc1C(=O)NCCCCN. The molecular weight excluding hydrogens is 180 g/mol. The molecule has 1 aromatic rings. The van der Waals surface area contributed by atoms with Crippen molar-refractivity contribution in [3.63, 3.8) is 0 Å². The lowest BCUT2D eigenvalue weighted by molar-refractivity contribution is 0.0924. The first-order valence-corrected chi connectivity index (χ1v) is 4.78. The van der Waals surface area contributed by atoms with Gasteiger partial charge in [0.15, 0.2) is 5.76 Å². The Kier molecular flexibility index (Phi) is 4.19. The summed E-state index contributed by atoms with van der Waals surface area (Å²) in [4.78, 5) is 11.5. The monoisotopic (exact) mass is 196 g/mol. The van der Waals surface area contributed by atoms with Gasteiger partial charge in [-0.1, -0.05) is 0 Å². The van der Waals surface area contributed by atoms with E-state index in [-0.39, 0.29) is 5.91 Å². The molecule has 0 spiro atoms. The maximum atomic E-state index is 11.5. The van der Waals surface area contributed by atoms with Crippen molar-refractivity contribution < 1.29 is 9.21 Å². The van der Waals surface area contributed by atoms with Gasteiger partial charge in [0.1, 0.15) is 0 Å². The minimum Gasteiger partial charge on any atom is -0.459 e. The van der Waals surface area contributed by atoms with E-state index in [9.17, 15) is 4.79 Å². The lowest BCUT2D eigenvalue weighted by atomic mass is 10.2. The van der Waals surface area contributed by atoms with Crippen LogP contribution in [0.25, 0.3) is 0 Å². The molecular formula is C10H16N2O2. The van der Waals surface area contributed by atoms with Crippen molar-refractivity contribution >= 4 is 5.91 Å². The van der Waals surface area contributed by atoms with E-state index < -0.39 is 0 Å². The third-order valence-electron chi connectivity index (χ3n) is 1.98. The smallest absolute Gasteiger partial charge is 0.287 e. The standard InChI is InChI=1S/C10H16N2O2/c1-8-4-7-14-9(8)10(13)12-6-3-2-5-11/h4,7H,2-3,5-6,11H2,1H3,(H,12,13). The molecule has 0 unspecified atom stereocenters. The van der Waals surface area contributed by atoms with Crippen LogP contribution in [0.15, 0.2) is 16.7 Å². The first-order valence-electron chi connectivity index (χ1n) is 4.78. The fourth-order valence-corrected chi connectivity index (χ4v) is 1.16. The summed E-state index contributed by atoms with van der Waals surface area (Å²) in [7, 11) is 0. The maximum Gasteiger partial charge on any atom is 0.287 e. The van der Waals surface area contributed by atoms with E-state index in [0.717, 1.165) is 18.4 Å². The van der Waals surface area contributed by atoms with E-state index in [1.54, 1.807) is 6.07 Å². The van der Waals surface area contributed by atoms with Gasteiger partial charge in [0.05, 0.1) is 6.26 Å². The third kappa shape index (κ3) is 2.88. The van der Waals surface area contributed by atoms with Gasteiger partial charge in [-0.3, -0.25) is 4.79 Å². The van der Waals surface area contributed by atoms with Gasteiger partial charge in [-0.05, 0) is 32.4 Å². The van der Waals surface area contributed by atoms with Crippen molar-refractivity contribution in [2.45, 2.75) is 19.8 Å². The van der Waals surface area contributed by atoms with Gasteiger partial charge in [-0.15, -0.1) is 0 Å². The molecule has 0 saturated heterocycles. The number of carbonyl (C=O) groups excluding carboxylic acids is 1. The Bertz CT molecular complexity index is 294. The van der Waals surface area contributed by atoms with Gasteiger partial charge in [-0.2, -0.15) is 0 Å². The molecule has 0 radical (unpaired) electrons. The summed E-state index contributed by atoms with van der Waals surface area (Å²) < 4.78 is 5.05. The molecule has 0 aliphatic rings. The molecule has 3 N–H and O–H groups in total. The minimum atomic E-state index is -0.149. The first kappa shape index (κ1) is 10.8. The van der Waals surface area contributed by atoms with Crippen LogP contribution < -0.4 is 11.1 Å². The Balaban J connectivity index is 2.32. The van der Waals surface area contributed by atoms with Gasteiger partial charge >= 0.3 is 0 Å². The highest BCUT2D eigenvalue weighted by Crippen LogP contribution is 2.07. The van der Waals surface area contributed by atoms with Crippen molar-refractivity contribution in [1.82, 2.24) is 5.32 Å². The summed E-state index contributed by atoms with van der Waals surface area (Å²) in [6.07, 6.45) is 3.35. The molecule has 0 saturated carbocycles. The van der Waals surface area contributed by atoms with Crippen molar-refractivity contribution in [2.75, 3.05) is 13.1 Å². The van der Waals surface area contributed by atoms with Crippen LogP contribution in [0.5, 0.6) is 0 Å². The Morgan fingerprint density at radius 1 is 1.57 bits per heavy atom. The zero-order valence-electron chi connectivity index (χ0n) is 8.38. The number of hydrogen-bond acceptors (Lipinski definition) is 3. The van der Waals surface area contributed by atoms with E-state index in [1.807, 2.05) is 6.92 Å². The van der Waals surface area contributed by atoms with Crippen LogP contribution in [0.3, 0.4) is 0 Å². The summed E-state index contributed by atoms with van der Waals surface area (Å²) in [6.45, 7) is 3.16. The molecule has 0 fully saturated rings. The predicted molar refractivity (Wildman–Crippen MR) is 54.1 cm³/mol. The molecule has 0 aromatic carbocycles. The largest absolute Gasteiger partial charge is 0.459 e. The molecule has 0 aliphatic carbocycles. The highest BCUT2D eigenvalue weighted by atomic mass is 16.3. The van der Waals surface area contributed by atoms with E-state index in [0.29, 0.717) is 18.8 Å². The van der Waals surface area contributed by atoms with E-state index in [2.05, 4.69) is 5.32 Å². The molecule has 4 nitrogen and oxygen atoms in total. The lowest BCUT2D eigenvalue weighted by Gasteiger charge is -2.02. The number of rotatable bonds is 5. The molecule has 1 rings (SSSR count). The zero-order valence-corrected chi connectivity index (χ0v) is 8.38. The molecule has 1 amide bonds. The van der Waals surface area contributed by atoms with E-state index >= 15 is 0 Å². The van der Waals surface area contributed by atoms with Gasteiger partial charge in [-0.25, -0.2) is 0 Å². The summed E-state index contributed by atoms with van der Waals surface area (Å²) in [6, 6.07) is 1.77. The average Bonchev–Trinajstić information content (AvgIpc) is 2.59. The fourth-order valence-electron chi connectivity index (χ4n) is 1.16. The second-order valence-electron chi connectivity index (χ2n) is 3.18. The Hall–Kier alpha value is -1.29. The molecule has 0 aliphatic heterocycles. The molecule has 0 atom stereocenters. The highest BCUT2D eigenvalue weighted by Gasteiger charge is 2.10. The summed E-state index contributed by atoms with van der Waals surface area (Å²) >= 11 is 0. The number of amides is 1. The van der Waals surface area contributed by atoms with Crippen LogP contribution >= 0.6 is 0 Å². The van der Waals surface area contributed by atoms with E-state index in [4.69, 9.17) is 10.2 Å². The topological polar surface area (TPSA) is 68.3 Å². The number of carbonyl (C=O) groups is 1. The number of nitrogens with one attached hydrogen (secondary N) is 1. The van der Waals surface area contributed by atoms with E-state index in [1.165, 1.54) is 6.26 Å². The van der Waals surface area contributed by atoms with Gasteiger partial charge in [0.25, 0.3) is 5.91 Å². The molecule has 4 heteroatoms. The molecule has 14 heavy (non-hydrogen) atoms. The Labute approximate surface area is 83.5 Å². The summed E-state index contributed by atoms with van der Waals surface area (Å²) in [5.41, 5.74) is 6.20. The van der Waals surface area contributed by atoms with Crippen molar-refractivity contribution in [3.8, 4) is 0 Å². The zero-order chi connectivity index (χ0) is 10.4. The highest BCUT2D eigenvalue weighted by molar-refractivity contribution is 5.92. The van der Waals surface area contributed by atoms with Gasteiger partial charge < -0.3 is 15.5 Å². The number of aryl methyl sites for hydroxylation is 1. The number of nitrogens with two attached hydrogens (primary N) is 1. The average molecular weight is 196 g/mol. The van der Waals surface area contributed by atoms with Crippen LogP contribution in [0.2, 0.25) is 0 Å². The first-order chi connectivity index (χ1) is 6.75. The van der Waals surface area contributed by atoms with Crippen LogP contribution in [0, 0.1) is 6.92 Å². The molecule has 1 heterocycles. The number of hydrogen-bond donors (Lipinski definition) is 2. The Morgan fingerprint density at radius 2 is 2.36 bits per heavy atom. The maximum absolute atomic E-state index is 11.5. The lowest BCUT2D eigenvalue weighted by Crippen LogP contribution is -2.25. The van der Waals surface area contributed by atoms with Crippen molar-refractivity contribution in [2.24, 2.45) is 5.73 Å². The summed E-state index contributed by atoms with van der Waals surface area (Å²) in [5, 5.41) is 2.77. The quantitative estimate of drug-likeness (QED) is 0.692. The molecule has 78 valence electrons. The van der Waals surface area contributed by atoms with Crippen LogP contribution in [0.4, 0.5) is 0 Å². The Morgan fingerprint density at radius 3 is 2.93 bits per heavy atom. The summed E-state index contributed by atoms with van der Waals surface area (Å²) in [5.74, 6) is 0.252. The predicted octanol–water partition coefficient (Wildman–Crippen LogP) is 1.06. The molecule has 0 bridgehead atoms. The number of furan rings is 1. The third-order valence-corrected chi connectivity index (χ3v) is 1.98. The van der Waals surface area contributed by atoms with Crippen LogP contribution in [0.1, 0.15) is 29.0 Å². The van der Waals surface area contributed by atoms with Crippen molar-refractivity contribution in [3.05, 3.63) is 23.7 Å². The second kappa shape index (κ2) is 5.44. The molecule has 1 aromatic heterocycles. The van der Waals surface area contributed by atoms with Crippen LogP contribution in [-0.2, 0) is 0 Å². The van der Waals surface area contributed by atoms with Gasteiger partial charge in [0.2, 0.25) is 0 Å². The van der Waals surface area contributed by atoms with Gasteiger partial charge in [0, 0.05) is 12.1 Å². The normalized spacial score (nSPS) is 10.1. The minimum absolute atomic E-state index is 0.149.